The van der Waals surface area contributed by atoms with Gasteiger partial charge in [-0.05, 0) is 44.4 Å². The van der Waals surface area contributed by atoms with Gasteiger partial charge >= 0.3 is 17.6 Å². The summed E-state index contributed by atoms with van der Waals surface area (Å²) in [5.74, 6) is -0.737. The van der Waals surface area contributed by atoms with E-state index in [-0.39, 0.29) is 24.4 Å². The molecule has 0 N–H and O–H groups in total. The Balaban J connectivity index is 2.41. The molecule has 0 aliphatic heterocycles. The molecule has 0 saturated heterocycles. The molecule has 2 rings (SSSR count). The summed E-state index contributed by atoms with van der Waals surface area (Å²) in [6.07, 6.45) is 0.320. The van der Waals surface area contributed by atoms with Gasteiger partial charge in [-0.2, -0.15) is 0 Å². The first-order valence-corrected chi connectivity index (χ1v) is 8.66. The Morgan fingerprint density at radius 3 is 2.42 bits per heavy atom. The molecule has 1 aromatic heterocycles. The lowest BCUT2D eigenvalue weighted by Gasteiger charge is -2.14. The second-order valence-corrected chi connectivity index (χ2v) is 6.82. The van der Waals surface area contributed by atoms with Gasteiger partial charge in [0.25, 0.3) is 0 Å². The van der Waals surface area contributed by atoms with Gasteiger partial charge < -0.3 is 13.9 Å². The molecule has 0 radical (unpaired) electrons. The normalized spacial score (nSPS) is 11.2. The summed E-state index contributed by atoms with van der Waals surface area (Å²) in [4.78, 5) is 35.5. The minimum absolute atomic E-state index is 0.158. The molecule has 0 aliphatic rings. The molecular weight excluding hydrogens is 336 g/mol. The SMILES string of the molecule is Cc1cc(=O)oc2cc(OC(=O)C(C)C)c(CCC(=O)OC(C)C)cc12. The highest BCUT2D eigenvalue weighted by Crippen LogP contribution is 2.29. The first-order valence-electron chi connectivity index (χ1n) is 8.66. The topological polar surface area (TPSA) is 82.8 Å². The summed E-state index contributed by atoms with van der Waals surface area (Å²) in [7, 11) is 0. The number of hydrogen-bond acceptors (Lipinski definition) is 6. The van der Waals surface area contributed by atoms with Gasteiger partial charge in [-0.1, -0.05) is 13.8 Å². The molecule has 26 heavy (non-hydrogen) atoms. The molecular formula is C20H24O6. The molecule has 6 nitrogen and oxygen atoms in total. The van der Waals surface area contributed by atoms with E-state index in [0.29, 0.717) is 23.3 Å². The molecule has 0 atom stereocenters. The van der Waals surface area contributed by atoms with Crippen LogP contribution >= 0.6 is 0 Å². The monoisotopic (exact) mass is 360 g/mol. The van der Waals surface area contributed by atoms with Gasteiger partial charge in [0.15, 0.2) is 0 Å². The summed E-state index contributed by atoms with van der Waals surface area (Å²) in [6.45, 7) is 8.83. The minimum atomic E-state index is -0.468. The minimum Gasteiger partial charge on any atom is -0.463 e. The van der Waals surface area contributed by atoms with Crippen LogP contribution in [-0.4, -0.2) is 18.0 Å². The van der Waals surface area contributed by atoms with Gasteiger partial charge in [-0.3, -0.25) is 9.59 Å². The predicted molar refractivity (Wildman–Crippen MR) is 97.2 cm³/mol. The first-order chi connectivity index (χ1) is 12.2. The number of hydrogen-bond donors (Lipinski definition) is 0. The maximum absolute atomic E-state index is 12.0. The van der Waals surface area contributed by atoms with Crippen molar-refractivity contribution in [3.05, 3.63) is 39.7 Å². The molecule has 0 amide bonds. The molecule has 0 bridgehead atoms. The Morgan fingerprint density at radius 2 is 1.81 bits per heavy atom. The van der Waals surface area contributed by atoms with Crippen LogP contribution in [0.3, 0.4) is 0 Å². The number of aryl methyl sites for hydroxylation is 2. The number of carbonyl (C=O) groups excluding carboxylic acids is 2. The fraction of sp³-hybridized carbons (Fsp3) is 0.450. The van der Waals surface area contributed by atoms with Crippen LogP contribution in [0, 0.1) is 12.8 Å². The van der Waals surface area contributed by atoms with E-state index in [2.05, 4.69) is 0 Å². The Kier molecular flexibility index (Phi) is 6.18. The smallest absolute Gasteiger partial charge is 0.336 e. The Bertz CT molecular complexity index is 876. The Hall–Kier alpha value is -2.63. The van der Waals surface area contributed by atoms with Crippen molar-refractivity contribution in [1.82, 2.24) is 0 Å². The zero-order valence-corrected chi connectivity index (χ0v) is 15.8. The van der Waals surface area contributed by atoms with E-state index in [1.165, 1.54) is 12.1 Å². The summed E-state index contributed by atoms with van der Waals surface area (Å²) in [6, 6.07) is 4.73. The largest absolute Gasteiger partial charge is 0.463 e. The van der Waals surface area contributed by atoms with Crippen LogP contribution < -0.4 is 10.4 Å². The van der Waals surface area contributed by atoms with Crippen LogP contribution in [0.15, 0.2) is 27.4 Å². The maximum Gasteiger partial charge on any atom is 0.336 e. The quantitative estimate of drug-likeness (QED) is 0.445. The third-order valence-electron chi connectivity index (χ3n) is 3.78. The number of rotatable bonds is 6. The zero-order chi connectivity index (χ0) is 19.4. The molecule has 0 saturated carbocycles. The second kappa shape index (κ2) is 8.17. The standard InChI is InChI=1S/C20H24O6/c1-11(2)20(23)26-16-10-17-15(13(5)8-19(22)25-17)9-14(16)6-7-18(21)24-12(3)4/h8-12H,6-7H2,1-5H3. The van der Waals surface area contributed by atoms with Gasteiger partial charge in [0.05, 0.1) is 12.0 Å². The molecule has 6 heteroatoms. The van der Waals surface area contributed by atoms with Crippen molar-refractivity contribution in [2.75, 3.05) is 0 Å². The highest BCUT2D eigenvalue weighted by molar-refractivity contribution is 5.84. The van der Waals surface area contributed by atoms with E-state index in [4.69, 9.17) is 13.9 Å². The molecule has 1 aromatic carbocycles. The lowest BCUT2D eigenvalue weighted by atomic mass is 10.0. The summed E-state index contributed by atoms with van der Waals surface area (Å²) in [5.41, 5.74) is 1.31. The molecule has 0 aliphatic carbocycles. The molecule has 1 heterocycles. The van der Waals surface area contributed by atoms with Crippen molar-refractivity contribution in [2.45, 2.75) is 53.6 Å². The van der Waals surface area contributed by atoms with E-state index in [9.17, 15) is 14.4 Å². The highest BCUT2D eigenvalue weighted by atomic mass is 16.5. The van der Waals surface area contributed by atoms with Crippen molar-refractivity contribution >= 4 is 22.9 Å². The van der Waals surface area contributed by atoms with Gasteiger partial charge in [0.1, 0.15) is 11.3 Å². The summed E-state index contributed by atoms with van der Waals surface area (Å²) in [5, 5.41) is 0.737. The van der Waals surface area contributed by atoms with Crippen molar-refractivity contribution < 1.29 is 23.5 Å². The van der Waals surface area contributed by atoms with Crippen LogP contribution in [0.4, 0.5) is 0 Å². The van der Waals surface area contributed by atoms with Crippen LogP contribution in [0.2, 0.25) is 0 Å². The average molecular weight is 360 g/mol. The lowest BCUT2D eigenvalue weighted by Crippen LogP contribution is -2.16. The number of ether oxygens (including phenoxy) is 2. The van der Waals surface area contributed by atoms with E-state index >= 15 is 0 Å². The van der Waals surface area contributed by atoms with Crippen molar-refractivity contribution in [3.63, 3.8) is 0 Å². The average Bonchev–Trinajstić information content (AvgIpc) is 2.52. The highest BCUT2D eigenvalue weighted by Gasteiger charge is 2.17. The Morgan fingerprint density at radius 1 is 1.12 bits per heavy atom. The fourth-order valence-corrected chi connectivity index (χ4v) is 2.47. The molecule has 0 unspecified atom stereocenters. The van der Waals surface area contributed by atoms with Crippen LogP contribution in [0.5, 0.6) is 5.75 Å². The van der Waals surface area contributed by atoms with E-state index < -0.39 is 11.6 Å². The van der Waals surface area contributed by atoms with Crippen molar-refractivity contribution in [2.24, 2.45) is 5.92 Å². The first kappa shape index (κ1) is 19.7. The fourth-order valence-electron chi connectivity index (χ4n) is 2.47. The number of esters is 2. The molecule has 0 fully saturated rings. The maximum atomic E-state index is 12.0. The second-order valence-electron chi connectivity index (χ2n) is 6.82. The van der Waals surface area contributed by atoms with Crippen LogP contribution in [0.1, 0.15) is 45.2 Å². The number of fused-ring (bicyclic) bond motifs is 1. The summed E-state index contributed by atoms with van der Waals surface area (Å²) < 4.78 is 15.8. The van der Waals surface area contributed by atoms with E-state index in [0.717, 1.165) is 10.9 Å². The van der Waals surface area contributed by atoms with E-state index in [1.807, 2.05) is 0 Å². The molecule has 2 aromatic rings. The molecule has 0 spiro atoms. The van der Waals surface area contributed by atoms with Crippen molar-refractivity contribution in [3.8, 4) is 5.75 Å². The van der Waals surface area contributed by atoms with Gasteiger partial charge in [-0.15, -0.1) is 0 Å². The van der Waals surface area contributed by atoms with Gasteiger partial charge in [0, 0.05) is 23.9 Å². The third-order valence-corrected chi connectivity index (χ3v) is 3.78. The van der Waals surface area contributed by atoms with Gasteiger partial charge in [0.2, 0.25) is 0 Å². The predicted octanol–water partition coefficient (Wildman–Crippen LogP) is 3.55. The Labute approximate surface area is 152 Å². The zero-order valence-electron chi connectivity index (χ0n) is 15.8. The van der Waals surface area contributed by atoms with Crippen LogP contribution in [-0.2, 0) is 20.7 Å². The van der Waals surface area contributed by atoms with Gasteiger partial charge in [-0.25, -0.2) is 4.79 Å². The number of benzene rings is 1. The number of carbonyl (C=O) groups is 2. The van der Waals surface area contributed by atoms with E-state index in [1.54, 1.807) is 40.7 Å². The lowest BCUT2D eigenvalue weighted by molar-refractivity contribution is -0.147. The molecule has 140 valence electrons. The van der Waals surface area contributed by atoms with Crippen LogP contribution in [0.25, 0.3) is 11.0 Å². The summed E-state index contributed by atoms with van der Waals surface area (Å²) >= 11 is 0. The third kappa shape index (κ3) is 4.94. The van der Waals surface area contributed by atoms with Crippen molar-refractivity contribution in [1.29, 1.82) is 0 Å².